The molecule has 0 unspecified atom stereocenters. The van der Waals surface area contributed by atoms with E-state index in [2.05, 4.69) is 15.1 Å². The number of nitrogens with zero attached hydrogens (tertiary/aromatic N) is 5. The Morgan fingerprint density at radius 2 is 1.85 bits per heavy atom. The van der Waals surface area contributed by atoms with E-state index in [0.717, 1.165) is 11.1 Å². The molecule has 0 atom stereocenters. The molecule has 172 valence electrons. The van der Waals surface area contributed by atoms with E-state index in [9.17, 15) is 4.79 Å². The van der Waals surface area contributed by atoms with E-state index in [-0.39, 0.29) is 18.0 Å². The number of aryl methyl sites for hydroxylation is 1. The van der Waals surface area contributed by atoms with Gasteiger partial charge in [0.15, 0.2) is 11.5 Å². The molecule has 0 N–H and O–H groups in total. The smallest absolute Gasteiger partial charge is 0.278 e. The molecule has 0 saturated heterocycles. The number of rotatable bonds is 6. The predicted octanol–water partition coefficient (Wildman–Crippen LogP) is 4.17. The van der Waals surface area contributed by atoms with Crippen LogP contribution in [0.4, 0.5) is 0 Å². The van der Waals surface area contributed by atoms with Crippen LogP contribution in [0.1, 0.15) is 5.89 Å². The van der Waals surface area contributed by atoms with Crippen LogP contribution < -0.4 is 15.0 Å². The minimum Gasteiger partial charge on any atom is -0.493 e. The summed E-state index contributed by atoms with van der Waals surface area (Å²) in [5, 5.41) is 4.70. The highest BCUT2D eigenvalue weighted by atomic mass is 35.5. The van der Waals surface area contributed by atoms with Gasteiger partial charge in [-0.2, -0.15) is 4.98 Å². The lowest BCUT2D eigenvalue weighted by molar-refractivity contribution is 0.354. The summed E-state index contributed by atoms with van der Waals surface area (Å²) in [6, 6.07) is 12.8. The molecule has 3 heterocycles. The van der Waals surface area contributed by atoms with Crippen LogP contribution in [0, 0.1) is 0 Å². The fraction of sp³-hybridized carbons (Fsp3) is 0.167. The van der Waals surface area contributed by atoms with Crippen molar-refractivity contribution in [1.29, 1.82) is 0 Å². The normalized spacial score (nSPS) is 11.2. The summed E-state index contributed by atoms with van der Waals surface area (Å²) in [5.41, 5.74) is 3.26. The van der Waals surface area contributed by atoms with E-state index in [0.29, 0.717) is 38.9 Å². The quantitative estimate of drug-likeness (QED) is 0.362. The Morgan fingerprint density at radius 1 is 1.06 bits per heavy atom. The van der Waals surface area contributed by atoms with Crippen LogP contribution in [0.25, 0.3) is 33.5 Å². The van der Waals surface area contributed by atoms with Crippen molar-refractivity contribution in [3.05, 3.63) is 76.3 Å². The summed E-state index contributed by atoms with van der Waals surface area (Å²) < 4.78 is 19.4. The first-order valence-corrected chi connectivity index (χ1v) is 10.7. The molecule has 0 spiro atoms. The van der Waals surface area contributed by atoms with Crippen LogP contribution in [-0.2, 0) is 13.6 Å². The van der Waals surface area contributed by atoms with E-state index in [1.54, 1.807) is 43.1 Å². The third-order valence-corrected chi connectivity index (χ3v) is 5.77. The lowest BCUT2D eigenvalue weighted by Gasteiger charge is -2.09. The fourth-order valence-electron chi connectivity index (χ4n) is 3.90. The first-order valence-electron chi connectivity index (χ1n) is 10.3. The summed E-state index contributed by atoms with van der Waals surface area (Å²) in [6.45, 7) is 0.0719. The molecule has 34 heavy (non-hydrogen) atoms. The van der Waals surface area contributed by atoms with Gasteiger partial charge in [-0.25, -0.2) is 4.98 Å². The standard InChI is InChI=1S/C24H20ClN5O4/c1-29-11-17(14-7-9-15(25)10-8-14)20-21(29)24(31)30(13-26-20)12-19-27-23(28-34-19)16-5-4-6-18(32-2)22(16)33-3/h4-11,13H,12H2,1-3H3. The van der Waals surface area contributed by atoms with Gasteiger partial charge < -0.3 is 18.6 Å². The minimum atomic E-state index is -0.216. The first-order chi connectivity index (χ1) is 16.5. The van der Waals surface area contributed by atoms with Gasteiger partial charge in [-0.05, 0) is 29.8 Å². The Bertz CT molecular complexity index is 1550. The first kappa shape index (κ1) is 21.7. The summed E-state index contributed by atoms with van der Waals surface area (Å²) in [4.78, 5) is 22.3. The Kier molecular flexibility index (Phi) is 5.54. The van der Waals surface area contributed by atoms with E-state index < -0.39 is 0 Å². The molecule has 0 bridgehead atoms. The summed E-state index contributed by atoms with van der Waals surface area (Å²) in [5.74, 6) is 1.64. The van der Waals surface area contributed by atoms with Crippen LogP contribution in [0.5, 0.6) is 11.5 Å². The second kappa shape index (κ2) is 8.68. The zero-order valence-corrected chi connectivity index (χ0v) is 19.4. The highest BCUT2D eigenvalue weighted by molar-refractivity contribution is 6.30. The van der Waals surface area contributed by atoms with Crippen LogP contribution in [0.3, 0.4) is 0 Å². The highest BCUT2D eigenvalue weighted by Gasteiger charge is 2.19. The van der Waals surface area contributed by atoms with E-state index in [1.807, 2.05) is 31.4 Å². The Morgan fingerprint density at radius 3 is 2.59 bits per heavy atom. The molecule has 0 amide bonds. The topological polar surface area (TPSA) is 97.2 Å². The minimum absolute atomic E-state index is 0.0719. The third kappa shape index (κ3) is 3.69. The number of ether oxygens (including phenoxy) is 2. The van der Waals surface area contributed by atoms with Crippen molar-refractivity contribution < 1.29 is 14.0 Å². The predicted molar refractivity (Wildman–Crippen MR) is 127 cm³/mol. The molecule has 0 radical (unpaired) electrons. The van der Waals surface area contributed by atoms with Crippen molar-refractivity contribution in [2.75, 3.05) is 14.2 Å². The van der Waals surface area contributed by atoms with Gasteiger partial charge >= 0.3 is 0 Å². The molecule has 0 aliphatic carbocycles. The third-order valence-electron chi connectivity index (χ3n) is 5.52. The number of benzene rings is 2. The molecule has 0 aliphatic rings. The number of methoxy groups -OCH3 is 2. The van der Waals surface area contributed by atoms with Crippen molar-refractivity contribution in [3.63, 3.8) is 0 Å². The maximum atomic E-state index is 13.3. The maximum absolute atomic E-state index is 13.3. The molecule has 2 aromatic carbocycles. The lowest BCUT2D eigenvalue weighted by Crippen LogP contribution is -2.22. The monoisotopic (exact) mass is 477 g/mol. The van der Waals surface area contributed by atoms with E-state index in [4.69, 9.17) is 25.6 Å². The Labute approximate surface area is 199 Å². The lowest BCUT2D eigenvalue weighted by atomic mass is 10.1. The number of hydrogen-bond donors (Lipinski definition) is 0. The van der Waals surface area contributed by atoms with Gasteiger partial charge in [0.25, 0.3) is 5.56 Å². The fourth-order valence-corrected chi connectivity index (χ4v) is 4.03. The highest BCUT2D eigenvalue weighted by Crippen LogP contribution is 2.36. The van der Waals surface area contributed by atoms with Gasteiger partial charge in [0.1, 0.15) is 17.6 Å². The molecule has 0 fully saturated rings. The zero-order chi connectivity index (χ0) is 23.8. The van der Waals surface area contributed by atoms with Gasteiger partial charge in [0.05, 0.1) is 26.1 Å². The zero-order valence-electron chi connectivity index (χ0n) is 18.7. The maximum Gasteiger partial charge on any atom is 0.278 e. The van der Waals surface area contributed by atoms with Gasteiger partial charge in [-0.3, -0.25) is 9.36 Å². The molecular formula is C24H20ClN5O4. The van der Waals surface area contributed by atoms with Gasteiger partial charge in [-0.1, -0.05) is 35.0 Å². The molecule has 5 aromatic rings. The Hall–Kier alpha value is -4.11. The van der Waals surface area contributed by atoms with Crippen LogP contribution in [-0.4, -0.2) is 38.5 Å². The number of hydrogen-bond acceptors (Lipinski definition) is 7. The molecule has 9 nitrogen and oxygen atoms in total. The van der Waals surface area contributed by atoms with Crippen LogP contribution in [0.15, 0.2) is 64.3 Å². The number of para-hydroxylation sites is 1. The van der Waals surface area contributed by atoms with E-state index in [1.165, 1.54) is 10.9 Å². The molecule has 5 rings (SSSR count). The van der Waals surface area contributed by atoms with Crippen molar-refractivity contribution in [1.82, 2.24) is 24.3 Å². The Balaban J connectivity index is 1.50. The van der Waals surface area contributed by atoms with Crippen molar-refractivity contribution >= 4 is 22.6 Å². The van der Waals surface area contributed by atoms with Crippen LogP contribution in [0.2, 0.25) is 5.02 Å². The summed E-state index contributed by atoms with van der Waals surface area (Å²) >= 11 is 6.01. The van der Waals surface area contributed by atoms with Crippen molar-refractivity contribution in [2.24, 2.45) is 7.05 Å². The number of aromatic nitrogens is 5. The average Bonchev–Trinajstić information content (AvgIpc) is 3.45. The van der Waals surface area contributed by atoms with Gasteiger partial charge in [0.2, 0.25) is 11.7 Å². The van der Waals surface area contributed by atoms with Gasteiger partial charge in [0, 0.05) is 23.8 Å². The number of fused-ring (bicyclic) bond motifs is 1. The van der Waals surface area contributed by atoms with Crippen molar-refractivity contribution in [3.8, 4) is 34.0 Å². The summed E-state index contributed by atoms with van der Waals surface area (Å²) in [7, 11) is 4.91. The molecular weight excluding hydrogens is 458 g/mol. The summed E-state index contributed by atoms with van der Waals surface area (Å²) in [6.07, 6.45) is 3.37. The molecule has 10 heteroatoms. The second-order valence-electron chi connectivity index (χ2n) is 7.59. The average molecular weight is 478 g/mol. The van der Waals surface area contributed by atoms with E-state index >= 15 is 0 Å². The van der Waals surface area contributed by atoms with Crippen LogP contribution >= 0.6 is 11.6 Å². The SMILES string of the molecule is COc1cccc(-c2noc(Cn3cnc4c(-c5ccc(Cl)cc5)cn(C)c4c3=O)n2)c1OC. The number of halogens is 1. The molecule has 0 aliphatic heterocycles. The second-order valence-corrected chi connectivity index (χ2v) is 8.02. The largest absolute Gasteiger partial charge is 0.493 e. The molecule has 0 saturated carbocycles. The van der Waals surface area contributed by atoms with Gasteiger partial charge in [-0.15, -0.1) is 0 Å². The molecule has 3 aromatic heterocycles. The van der Waals surface area contributed by atoms with Crippen molar-refractivity contribution in [2.45, 2.75) is 6.54 Å².